The minimum atomic E-state index is -0.619. The minimum absolute atomic E-state index is 0.129. The molecule has 22 heavy (non-hydrogen) atoms. The lowest BCUT2D eigenvalue weighted by molar-refractivity contribution is -0.263. The van der Waals surface area contributed by atoms with E-state index in [4.69, 9.17) is 18.9 Å². The van der Waals surface area contributed by atoms with Gasteiger partial charge < -0.3 is 24.3 Å². The average molecular weight is 305 g/mol. The first-order valence-corrected chi connectivity index (χ1v) is 7.93. The summed E-state index contributed by atoms with van der Waals surface area (Å²) in [6, 6.07) is 10.4. The molecule has 0 amide bonds. The van der Waals surface area contributed by atoms with Crippen molar-refractivity contribution in [1.82, 2.24) is 5.32 Å². The van der Waals surface area contributed by atoms with E-state index in [1.54, 1.807) is 0 Å². The minimum Gasteiger partial charge on any atom is -0.367 e. The van der Waals surface area contributed by atoms with Gasteiger partial charge in [-0.2, -0.15) is 0 Å². The topological polar surface area (TPSA) is 49.0 Å². The smallest absolute Gasteiger partial charge is 0.190 e. The standard InChI is InChI=1S/C17H23NO4/c1-11-17(10-18-11)14(19-9-12-7-5-4-6-8-12)13-15(22-17)21-16(2,3)20-13/h4-8,11,13-15,18H,9-10H2,1-3H3/t11-,13+,14+,15-,17+/m0/s1. The van der Waals surface area contributed by atoms with Crippen LogP contribution in [0.2, 0.25) is 0 Å². The molecule has 1 spiro atoms. The van der Waals surface area contributed by atoms with Gasteiger partial charge in [0.15, 0.2) is 12.1 Å². The van der Waals surface area contributed by atoms with Crippen molar-refractivity contribution in [2.75, 3.05) is 6.54 Å². The number of ether oxygens (including phenoxy) is 4. The van der Waals surface area contributed by atoms with Crippen LogP contribution in [-0.2, 0) is 25.6 Å². The van der Waals surface area contributed by atoms with Crippen molar-refractivity contribution >= 4 is 0 Å². The van der Waals surface area contributed by atoms with Crippen LogP contribution >= 0.6 is 0 Å². The van der Waals surface area contributed by atoms with Crippen LogP contribution in [0.25, 0.3) is 0 Å². The molecule has 120 valence electrons. The van der Waals surface area contributed by atoms with E-state index in [0.717, 1.165) is 12.1 Å². The summed E-state index contributed by atoms with van der Waals surface area (Å²) in [7, 11) is 0. The molecular weight excluding hydrogens is 282 g/mol. The van der Waals surface area contributed by atoms with E-state index in [2.05, 4.69) is 24.4 Å². The Morgan fingerprint density at radius 3 is 2.59 bits per heavy atom. The monoisotopic (exact) mass is 305 g/mol. The van der Waals surface area contributed by atoms with Gasteiger partial charge in [0.1, 0.15) is 17.8 Å². The van der Waals surface area contributed by atoms with Gasteiger partial charge in [-0.05, 0) is 26.3 Å². The van der Waals surface area contributed by atoms with Gasteiger partial charge in [-0.15, -0.1) is 0 Å². The number of rotatable bonds is 3. The van der Waals surface area contributed by atoms with Crippen LogP contribution in [0.5, 0.6) is 0 Å². The largest absolute Gasteiger partial charge is 0.367 e. The van der Waals surface area contributed by atoms with Gasteiger partial charge in [-0.25, -0.2) is 0 Å². The summed E-state index contributed by atoms with van der Waals surface area (Å²) in [4.78, 5) is 0. The average Bonchev–Trinajstić information content (AvgIpc) is 2.95. The molecule has 3 saturated heterocycles. The maximum absolute atomic E-state index is 6.25. The molecule has 0 unspecified atom stereocenters. The molecule has 1 aromatic carbocycles. The highest BCUT2D eigenvalue weighted by Crippen LogP contribution is 2.47. The maximum Gasteiger partial charge on any atom is 0.190 e. The highest BCUT2D eigenvalue weighted by Gasteiger charge is 2.67. The SMILES string of the molecule is C[C@@H]1NC[C@@]12O[C@@H]1OC(C)(C)O[C@@H]1[C@H]2OCc1ccccc1. The van der Waals surface area contributed by atoms with Gasteiger partial charge in [0.05, 0.1) is 6.61 Å². The zero-order valence-electron chi connectivity index (χ0n) is 13.2. The van der Waals surface area contributed by atoms with Gasteiger partial charge in [0.25, 0.3) is 0 Å². The summed E-state index contributed by atoms with van der Waals surface area (Å²) >= 11 is 0. The van der Waals surface area contributed by atoms with Crippen LogP contribution in [0.15, 0.2) is 30.3 Å². The Balaban J connectivity index is 1.53. The molecule has 0 saturated carbocycles. The molecule has 3 fully saturated rings. The Bertz CT molecular complexity index is 549. The molecule has 1 N–H and O–H groups in total. The van der Waals surface area contributed by atoms with Crippen molar-refractivity contribution in [3.63, 3.8) is 0 Å². The van der Waals surface area contributed by atoms with Crippen LogP contribution < -0.4 is 5.32 Å². The lowest BCUT2D eigenvalue weighted by atomic mass is 9.81. The number of hydrogen-bond acceptors (Lipinski definition) is 5. The fourth-order valence-corrected chi connectivity index (χ4v) is 3.61. The van der Waals surface area contributed by atoms with E-state index in [0.29, 0.717) is 6.61 Å². The van der Waals surface area contributed by atoms with Crippen LogP contribution in [0, 0.1) is 0 Å². The molecule has 3 aliphatic heterocycles. The molecule has 0 bridgehead atoms. The van der Waals surface area contributed by atoms with Crippen molar-refractivity contribution < 1.29 is 18.9 Å². The summed E-state index contributed by atoms with van der Waals surface area (Å²) in [6.45, 7) is 7.27. The van der Waals surface area contributed by atoms with E-state index in [9.17, 15) is 0 Å². The quantitative estimate of drug-likeness (QED) is 0.923. The molecule has 5 atom stereocenters. The van der Waals surface area contributed by atoms with Crippen LogP contribution in [-0.4, -0.2) is 42.5 Å². The molecule has 3 aliphatic rings. The van der Waals surface area contributed by atoms with Gasteiger partial charge in [-0.1, -0.05) is 30.3 Å². The molecule has 1 aromatic rings. The second kappa shape index (κ2) is 5.01. The van der Waals surface area contributed by atoms with Crippen molar-refractivity contribution in [3.05, 3.63) is 35.9 Å². The van der Waals surface area contributed by atoms with E-state index in [1.807, 2.05) is 32.0 Å². The third-order valence-corrected chi connectivity index (χ3v) is 4.89. The summed E-state index contributed by atoms with van der Waals surface area (Å²) in [5, 5.41) is 3.36. The summed E-state index contributed by atoms with van der Waals surface area (Å²) in [5.74, 6) is -0.619. The predicted molar refractivity (Wildman–Crippen MR) is 80.1 cm³/mol. The van der Waals surface area contributed by atoms with E-state index in [-0.39, 0.29) is 30.1 Å². The Morgan fingerprint density at radius 1 is 1.18 bits per heavy atom. The fourth-order valence-electron chi connectivity index (χ4n) is 3.61. The Hall–Kier alpha value is -0.980. The summed E-state index contributed by atoms with van der Waals surface area (Å²) in [5.41, 5.74) is 0.805. The first kappa shape index (κ1) is 14.6. The van der Waals surface area contributed by atoms with Gasteiger partial charge in [-0.3, -0.25) is 0 Å². The van der Waals surface area contributed by atoms with E-state index >= 15 is 0 Å². The molecule has 5 nitrogen and oxygen atoms in total. The zero-order chi connectivity index (χ0) is 15.4. The Kier molecular flexibility index (Phi) is 3.33. The lowest BCUT2D eigenvalue weighted by Gasteiger charge is -2.49. The number of nitrogens with one attached hydrogen (secondary N) is 1. The number of benzene rings is 1. The molecule has 3 heterocycles. The normalized spacial score (nSPS) is 42.3. The second-order valence-corrected chi connectivity index (χ2v) is 6.86. The summed E-state index contributed by atoms with van der Waals surface area (Å²) in [6.07, 6.45) is -0.653. The second-order valence-electron chi connectivity index (χ2n) is 6.86. The lowest BCUT2D eigenvalue weighted by Crippen LogP contribution is -2.72. The number of fused-ring (bicyclic) bond motifs is 1. The van der Waals surface area contributed by atoms with Crippen molar-refractivity contribution in [2.24, 2.45) is 0 Å². The third-order valence-electron chi connectivity index (χ3n) is 4.89. The van der Waals surface area contributed by atoms with E-state index < -0.39 is 5.79 Å². The highest BCUT2D eigenvalue weighted by molar-refractivity contribution is 5.17. The van der Waals surface area contributed by atoms with E-state index in [1.165, 1.54) is 0 Å². The highest BCUT2D eigenvalue weighted by atomic mass is 16.8. The van der Waals surface area contributed by atoms with Crippen molar-refractivity contribution in [3.8, 4) is 0 Å². The predicted octanol–water partition coefficient (Wildman–Crippen LogP) is 1.81. The molecule has 4 rings (SSSR count). The van der Waals surface area contributed by atoms with Gasteiger partial charge in [0, 0.05) is 12.6 Å². The van der Waals surface area contributed by atoms with Crippen LogP contribution in [0.1, 0.15) is 26.3 Å². The molecular formula is C17H23NO4. The van der Waals surface area contributed by atoms with Crippen LogP contribution in [0.3, 0.4) is 0 Å². The van der Waals surface area contributed by atoms with Crippen molar-refractivity contribution in [1.29, 1.82) is 0 Å². The van der Waals surface area contributed by atoms with Gasteiger partial charge >= 0.3 is 0 Å². The first-order chi connectivity index (χ1) is 10.5. The molecule has 0 aromatic heterocycles. The fraction of sp³-hybridized carbons (Fsp3) is 0.647. The Morgan fingerprint density at radius 2 is 1.95 bits per heavy atom. The molecule has 0 radical (unpaired) electrons. The number of hydrogen-bond donors (Lipinski definition) is 1. The van der Waals surface area contributed by atoms with Gasteiger partial charge in [0.2, 0.25) is 0 Å². The third kappa shape index (κ3) is 2.20. The van der Waals surface area contributed by atoms with Crippen LogP contribution in [0.4, 0.5) is 0 Å². The maximum atomic E-state index is 6.25. The Labute approximate surface area is 130 Å². The molecule has 5 heteroatoms. The first-order valence-electron chi connectivity index (χ1n) is 7.93. The molecule has 0 aliphatic carbocycles. The zero-order valence-corrected chi connectivity index (χ0v) is 13.2. The summed E-state index contributed by atoms with van der Waals surface area (Å²) < 4.78 is 24.4. The van der Waals surface area contributed by atoms with Crippen molar-refractivity contribution in [2.45, 2.75) is 63.3 Å².